The van der Waals surface area contributed by atoms with Gasteiger partial charge in [0.15, 0.2) is 0 Å². The molecule has 232 valence electrons. The number of hydrogen-bond acceptors (Lipinski definition) is 8. The molecule has 0 spiro atoms. The molecule has 2 amide bonds. The average molecular weight is 615 g/mol. The van der Waals surface area contributed by atoms with Crippen LogP contribution in [0.5, 0.6) is 11.5 Å². The summed E-state index contributed by atoms with van der Waals surface area (Å²) >= 11 is 0. The zero-order valence-electron chi connectivity index (χ0n) is 26.0. The number of pyridine rings is 1. The molecule has 3 aromatic heterocycles. The fourth-order valence-electron chi connectivity index (χ4n) is 4.82. The highest BCUT2D eigenvalue weighted by atomic mass is 16.5. The number of anilines is 4. The van der Waals surface area contributed by atoms with Crippen LogP contribution in [0.2, 0.25) is 0 Å². The van der Waals surface area contributed by atoms with E-state index in [4.69, 9.17) is 14.6 Å². The number of methoxy groups -OCH3 is 1. The molecule has 0 aliphatic rings. The van der Waals surface area contributed by atoms with E-state index in [9.17, 15) is 4.79 Å². The third-order valence-corrected chi connectivity index (χ3v) is 7.21. The van der Waals surface area contributed by atoms with E-state index in [1.807, 2.05) is 78.9 Å². The molecule has 11 heteroatoms. The van der Waals surface area contributed by atoms with Gasteiger partial charge in [-0.25, -0.2) is 19.4 Å². The number of nitrogens with zero attached hydrogens (tertiary/aromatic N) is 5. The molecule has 3 heterocycles. The first-order valence-electron chi connectivity index (χ1n) is 14.7. The van der Waals surface area contributed by atoms with Crippen molar-refractivity contribution in [2.24, 2.45) is 0 Å². The molecule has 11 nitrogen and oxygen atoms in total. The molecule has 6 aromatic rings. The SMILES string of the molecule is COc1ccc(-n2nc(C(C)(C)C)cc2NC(=O)Nc2ccc(OCc3ccnc(Nc4cnccn4)c3)c3ccccc23)cc1. The van der Waals surface area contributed by atoms with Crippen molar-refractivity contribution in [3.8, 4) is 17.2 Å². The Morgan fingerprint density at radius 3 is 2.37 bits per heavy atom. The Morgan fingerprint density at radius 2 is 1.63 bits per heavy atom. The van der Waals surface area contributed by atoms with Crippen LogP contribution >= 0.6 is 0 Å². The summed E-state index contributed by atoms with van der Waals surface area (Å²) in [6.45, 7) is 6.56. The molecule has 0 fully saturated rings. The molecule has 0 saturated heterocycles. The highest BCUT2D eigenvalue weighted by Crippen LogP contribution is 2.33. The summed E-state index contributed by atoms with van der Waals surface area (Å²) in [6.07, 6.45) is 6.57. The number of ether oxygens (including phenoxy) is 2. The molecule has 0 aliphatic carbocycles. The lowest BCUT2D eigenvalue weighted by Crippen LogP contribution is -2.21. The molecule has 6 rings (SSSR count). The molecule has 0 atom stereocenters. The van der Waals surface area contributed by atoms with Crippen LogP contribution in [0.3, 0.4) is 0 Å². The zero-order chi connectivity index (χ0) is 32.1. The van der Waals surface area contributed by atoms with Crippen molar-refractivity contribution in [3.05, 3.63) is 115 Å². The summed E-state index contributed by atoms with van der Waals surface area (Å²) in [5.41, 5.74) is 2.99. The molecule has 46 heavy (non-hydrogen) atoms. The lowest BCUT2D eigenvalue weighted by atomic mass is 9.92. The lowest BCUT2D eigenvalue weighted by molar-refractivity contribution is 0.262. The van der Waals surface area contributed by atoms with Crippen LogP contribution in [0.25, 0.3) is 16.5 Å². The number of aromatic nitrogens is 5. The Hall–Kier alpha value is -5.97. The van der Waals surface area contributed by atoms with Gasteiger partial charge < -0.3 is 20.1 Å². The monoisotopic (exact) mass is 614 g/mol. The molecule has 3 aromatic carbocycles. The molecule has 0 unspecified atom stereocenters. The van der Waals surface area contributed by atoms with Gasteiger partial charge in [-0.2, -0.15) is 5.10 Å². The standard InChI is InChI=1S/C35H34N8O3/c1-35(2,3)30-20-33(43(42-30)24-9-11-25(45-4)12-10-24)41-34(44)39-28-13-14-29(27-8-6-5-7-26(27)28)46-22-23-15-16-37-31(19-23)40-32-21-36-17-18-38-32/h5-21H,22H2,1-4H3,(H,37,38,40)(H2,39,41,44). The van der Waals surface area contributed by atoms with Crippen molar-refractivity contribution >= 4 is 39.9 Å². The highest BCUT2D eigenvalue weighted by molar-refractivity contribution is 6.07. The second-order valence-corrected chi connectivity index (χ2v) is 11.6. The number of benzene rings is 3. The van der Waals surface area contributed by atoms with E-state index in [1.165, 1.54) is 0 Å². The molecule has 0 saturated carbocycles. The highest BCUT2D eigenvalue weighted by Gasteiger charge is 2.22. The number of urea groups is 1. The van der Waals surface area contributed by atoms with E-state index < -0.39 is 6.03 Å². The first-order chi connectivity index (χ1) is 22.3. The molecule has 0 radical (unpaired) electrons. The third kappa shape index (κ3) is 6.88. The van der Waals surface area contributed by atoms with Crippen LogP contribution in [0.4, 0.5) is 27.9 Å². The van der Waals surface area contributed by atoms with Crippen LogP contribution in [0.1, 0.15) is 32.0 Å². The van der Waals surface area contributed by atoms with Gasteiger partial charge in [-0.15, -0.1) is 0 Å². The fourth-order valence-corrected chi connectivity index (χ4v) is 4.82. The number of hydrogen-bond donors (Lipinski definition) is 3. The maximum Gasteiger partial charge on any atom is 0.324 e. The predicted molar refractivity (Wildman–Crippen MR) is 179 cm³/mol. The average Bonchev–Trinajstić information content (AvgIpc) is 3.49. The van der Waals surface area contributed by atoms with Gasteiger partial charge in [-0.3, -0.25) is 10.3 Å². The minimum Gasteiger partial charge on any atom is -0.497 e. The van der Waals surface area contributed by atoms with Crippen LogP contribution in [-0.4, -0.2) is 37.9 Å². The number of amides is 2. The summed E-state index contributed by atoms with van der Waals surface area (Å²) in [7, 11) is 1.62. The Bertz CT molecular complexity index is 1970. The van der Waals surface area contributed by atoms with Gasteiger partial charge in [0.05, 0.1) is 30.4 Å². The normalized spacial score (nSPS) is 11.2. The molecule has 3 N–H and O–H groups in total. The number of carbonyl (C=O) groups is 1. The van der Waals surface area contributed by atoms with E-state index in [1.54, 1.807) is 36.6 Å². The van der Waals surface area contributed by atoms with E-state index >= 15 is 0 Å². The van der Waals surface area contributed by atoms with Gasteiger partial charge >= 0.3 is 6.03 Å². The van der Waals surface area contributed by atoms with Crippen molar-refractivity contribution < 1.29 is 14.3 Å². The summed E-state index contributed by atoms with van der Waals surface area (Å²) in [6, 6.07) is 24.3. The van der Waals surface area contributed by atoms with E-state index in [0.717, 1.165) is 33.5 Å². The minimum absolute atomic E-state index is 0.221. The second-order valence-electron chi connectivity index (χ2n) is 11.6. The number of carbonyl (C=O) groups excluding carboxylic acids is 1. The lowest BCUT2D eigenvalue weighted by Gasteiger charge is -2.15. The smallest absolute Gasteiger partial charge is 0.324 e. The molecular weight excluding hydrogens is 580 g/mol. The number of fused-ring (bicyclic) bond motifs is 1. The van der Waals surface area contributed by atoms with Gasteiger partial charge in [0.25, 0.3) is 0 Å². The summed E-state index contributed by atoms with van der Waals surface area (Å²) in [5, 5.41) is 15.7. The molecule has 0 aliphatic heterocycles. The van der Waals surface area contributed by atoms with Gasteiger partial charge in [0.1, 0.15) is 35.6 Å². The van der Waals surface area contributed by atoms with Gasteiger partial charge in [0, 0.05) is 40.8 Å². The van der Waals surface area contributed by atoms with Crippen molar-refractivity contribution in [2.75, 3.05) is 23.1 Å². The zero-order valence-corrected chi connectivity index (χ0v) is 26.0. The largest absolute Gasteiger partial charge is 0.497 e. The van der Waals surface area contributed by atoms with Gasteiger partial charge in [0.2, 0.25) is 0 Å². The summed E-state index contributed by atoms with van der Waals surface area (Å²) in [5.74, 6) is 3.21. The maximum absolute atomic E-state index is 13.4. The molecular formula is C35H34N8O3. The Balaban J connectivity index is 1.19. The maximum atomic E-state index is 13.4. The van der Waals surface area contributed by atoms with Crippen LogP contribution in [0.15, 0.2) is 104 Å². The van der Waals surface area contributed by atoms with Gasteiger partial charge in [-0.1, -0.05) is 45.0 Å². The quantitative estimate of drug-likeness (QED) is 0.153. The number of rotatable bonds is 9. The van der Waals surface area contributed by atoms with E-state index in [0.29, 0.717) is 35.5 Å². The third-order valence-electron chi connectivity index (χ3n) is 7.21. The van der Waals surface area contributed by atoms with E-state index in [-0.39, 0.29) is 5.41 Å². The van der Waals surface area contributed by atoms with E-state index in [2.05, 4.69) is 51.7 Å². The van der Waals surface area contributed by atoms with Crippen LogP contribution in [-0.2, 0) is 12.0 Å². The van der Waals surface area contributed by atoms with Crippen molar-refractivity contribution in [2.45, 2.75) is 32.8 Å². The molecule has 0 bridgehead atoms. The summed E-state index contributed by atoms with van der Waals surface area (Å²) in [4.78, 5) is 26.1. The topological polar surface area (TPSA) is 128 Å². The fraction of sp³-hybridized carbons (Fsp3) is 0.171. The Labute approximate surface area is 266 Å². The van der Waals surface area contributed by atoms with Crippen molar-refractivity contribution in [1.29, 1.82) is 0 Å². The summed E-state index contributed by atoms with van der Waals surface area (Å²) < 4.78 is 13.3. The minimum atomic E-state index is -0.395. The first-order valence-corrected chi connectivity index (χ1v) is 14.7. The van der Waals surface area contributed by atoms with Gasteiger partial charge in [-0.05, 0) is 54.1 Å². The second kappa shape index (κ2) is 12.9. The van der Waals surface area contributed by atoms with Crippen molar-refractivity contribution in [1.82, 2.24) is 24.7 Å². The number of nitrogens with one attached hydrogen (secondary N) is 3. The Morgan fingerprint density at radius 1 is 0.848 bits per heavy atom. The van der Waals surface area contributed by atoms with Crippen LogP contribution < -0.4 is 25.4 Å². The van der Waals surface area contributed by atoms with Crippen molar-refractivity contribution in [3.63, 3.8) is 0 Å². The predicted octanol–water partition coefficient (Wildman–Crippen LogP) is 7.48. The van der Waals surface area contributed by atoms with Crippen LogP contribution in [0, 0.1) is 0 Å². The Kier molecular flexibility index (Phi) is 8.46. The first kappa shape index (κ1) is 30.1.